The minimum absolute atomic E-state index is 0.00664. The van der Waals surface area contributed by atoms with Gasteiger partial charge in [0.05, 0.1) is 0 Å². The van der Waals surface area contributed by atoms with Crippen LogP contribution in [0.5, 0.6) is 0 Å². The van der Waals surface area contributed by atoms with Gasteiger partial charge in [-0.05, 0) is 49.9 Å². The number of hydrogen-bond acceptors (Lipinski definition) is 4. The Bertz CT molecular complexity index is 898. The maximum absolute atomic E-state index is 13.9. The summed E-state index contributed by atoms with van der Waals surface area (Å²) in [5.74, 6) is -0.229. The molecule has 6 heteroatoms. The molecule has 2 aromatic rings. The lowest BCUT2D eigenvalue weighted by Gasteiger charge is -2.37. The van der Waals surface area contributed by atoms with Gasteiger partial charge in [-0.1, -0.05) is 67.1 Å². The molecule has 1 heterocycles. The maximum atomic E-state index is 13.9. The van der Waals surface area contributed by atoms with Crippen LogP contribution in [0.4, 0.5) is 4.39 Å². The van der Waals surface area contributed by atoms with E-state index in [-0.39, 0.29) is 17.6 Å². The van der Waals surface area contributed by atoms with Crippen molar-refractivity contribution in [3.8, 4) is 0 Å². The van der Waals surface area contributed by atoms with Crippen LogP contribution in [0.3, 0.4) is 0 Å². The normalized spacial score (nSPS) is 22.1. The molecular formula is C23H26FN3OS. The molecule has 0 spiro atoms. The number of thioether (sulfide) groups is 1. The zero-order valence-electron chi connectivity index (χ0n) is 16.4. The molecule has 1 unspecified atom stereocenters. The second-order valence-electron chi connectivity index (χ2n) is 7.69. The predicted molar refractivity (Wildman–Crippen MR) is 116 cm³/mol. The predicted octanol–water partition coefficient (Wildman–Crippen LogP) is 4.84. The highest BCUT2D eigenvalue weighted by atomic mass is 32.2. The molecule has 2 N–H and O–H groups in total. The summed E-state index contributed by atoms with van der Waals surface area (Å²) in [7, 11) is 0. The molecule has 2 aliphatic rings. The molecule has 0 saturated heterocycles. The summed E-state index contributed by atoms with van der Waals surface area (Å²) in [4.78, 5) is 12.9. The minimum atomic E-state index is -0.651. The van der Waals surface area contributed by atoms with E-state index in [9.17, 15) is 9.18 Å². The molecule has 1 saturated carbocycles. The molecule has 1 atom stereocenters. The van der Waals surface area contributed by atoms with Gasteiger partial charge in [-0.2, -0.15) is 5.10 Å². The third-order valence-electron chi connectivity index (χ3n) is 5.73. The zero-order valence-corrected chi connectivity index (χ0v) is 17.2. The summed E-state index contributed by atoms with van der Waals surface area (Å²) < 4.78 is 13.9. The summed E-state index contributed by atoms with van der Waals surface area (Å²) in [5, 5.41) is 7.15. The van der Waals surface area contributed by atoms with Crippen LogP contribution in [-0.4, -0.2) is 22.5 Å². The van der Waals surface area contributed by atoms with Gasteiger partial charge in [0.25, 0.3) is 0 Å². The van der Waals surface area contributed by atoms with Crippen molar-refractivity contribution in [1.29, 1.82) is 0 Å². The van der Waals surface area contributed by atoms with Crippen molar-refractivity contribution in [3.63, 3.8) is 0 Å². The quantitative estimate of drug-likeness (QED) is 0.740. The highest BCUT2D eigenvalue weighted by molar-refractivity contribution is 8.15. The largest absolute Gasteiger partial charge is 0.330 e. The fourth-order valence-corrected chi connectivity index (χ4v) is 5.63. The Hall–Kier alpha value is -2.18. The Kier molecular flexibility index (Phi) is 6.01. The first kappa shape index (κ1) is 20.1. The van der Waals surface area contributed by atoms with Crippen LogP contribution >= 0.6 is 11.8 Å². The van der Waals surface area contributed by atoms with E-state index in [1.54, 1.807) is 22.8 Å². The topological polar surface area (TPSA) is 58.7 Å². The van der Waals surface area contributed by atoms with E-state index < -0.39 is 4.87 Å². The summed E-state index contributed by atoms with van der Waals surface area (Å²) in [5.41, 5.74) is 7.58. The molecule has 2 aromatic carbocycles. The molecule has 4 rings (SSSR count). The summed E-state index contributed by atoms with van der Waals surface area (Å²) >= 11 is 1.54. The van der Waals surface area contributed by atoms with E-state index in [0.717, 1.165) is 37.7 Å². The molecule has 1 fully saturated rings. The lowest BCUT2D eigenvalue weighted by Crippen LogP contribution is -2.44. The van der Waals surface area contributed by atoms with Crippen molar-refractivity contribution in [2.75, 3.05) is 6.54 Å². The van der Waals surface area contributed by atoms with E-state index in [4.69, 9.17) is 10.8 Å². The summed E-state index contributed by atoms with van der Waals surface area (Å²) in [6, 6.07) is 16.5. The third kappa shape index (κ3) is 3.96. The van der Waals surface area contributed by atoms with Gasteiger partial charge < -0.3 is 5.73 Å². The van der Waals surface area contributed by atoms with E-state index >= 15 is 0 Å². The SMILES string of the molecule is NCCCC1(c2ccccc2)SC(c2cccc(F)c2)=NN1C(=O)C1CCCC1. The number of benzene rings is 2. The number of carbonyl (C=O) groups is 1. The lowest BCUT2D eigenvalue weighted by molar-refractivity contribution is -0.139. The maximum Gasteiger partial charge on any atom is 0.247 e. The highest BCUT2D eigenvalue weighted by Gasteiger charge is 2.49. The monoisotopic (exact) mass is 411 g/mol. The number of carbonyl (C=O) groups excluding carboxylic acids is 1. The molecule has 152 valence electrons. The number of rotatable bonds is 6. The van der Waals surface area contributed by atoms with Crippen LogP contribution in [0.2, 0.25) is 0 Å². The van der Waals surface area contributed by atoms with Crippen LogP contribution in [0, 0.1) is 11.7 Å². The highest BCUT2D eigenvalue weighted by Crippen LogP contribution is 2.51. The van der Waals surface area contributed by atoms with Gasteiger partial charge in [0, 0.05) is 11.5 Å². The first-order chi connectivity index (χ1) is 14.1. The minimum Gasteiger partial charge on any atom is -0.330 e. The Morgan fingerprint density at radius 3 is 2.62 bits per heavy atom. The van der Waals surface area contributed by atoms with Crippen LogP contribution in [0.25, 0.3) is 0 Å². The van der Waals surface area contributed by atoms with Crippen LogP contribution in [0.1, 0.15) is 49.7 Å². The second-order valence-corrected chi connectivity index (χ2v) is 8.96. The van der Waals surface area contributed by atoms with Gasteiger partial charge in [-0.3, -0.25) is 4.79 Å². The van der Waals surface area contributed by atoms with Crippen molar-refractivity contribution in [2.24, 2.45) is 16.8 Å². The van der Waals surface area contributed by atoms with Crippen molar-refractivity contribution in [1.82, 2.24) is 5.01 Å². The van der Waals surface area contributed by atoms with Gasteiger partial charge in [-0.25, -0.2) is 9.40 Å². The summed E-state index contributed by atoms with van der Waals surface area (Å²) in [6.45, 7) is 0.538. The number of nitrogens with two attached hydrogens (primary N) is 1. The Morgan fingerprint density at radius 2 is 1.93 bits per heavy atom. The fraction of sp³-hybridized carbons (Fsp3) is 0.391. The lowest BCUT2D eigenvalue weighted by atomic mass is 9.98. The fourth-order valence-electron chi connectivity index (χ4n) is 4.23. The van der Waals surface area contributed by atoms with Gasteiger partial charge in [0.1, 0.15) is 15.7 Å². The Balaban J connectivity index is 1.79. The molecule has 29 heavy (non-hydrogen) atoms. The molecular weight excluding hydrogens is 385 g/mol. The molecule has 1 aliphatic carbocycles. The van der Waals surface area contributed by atoms with Crippen molar-refractivity contribution >= 4 is 22.7 Å². The summed E-state index contributed by atoms with van der Waals surface area (Å²) in [6.07, 6.45) is 5.44. The number of nitrogens with zero attached hydrogens (tertiary/aromatic N) is 2. The average Bonchev–Trinajstić information content (AvgIpc) is 3.42. The molecule has 0 bridgehead atoms. The van der Waals surface area contributed by atoms with E-state index in [0.29, 0.717) is 23.6 Å². The van der Waals surface area contributed by atoms with E-state index in [1.807, 2.05) is 36.4 Å². The number of amides is 1. The molecule has 4 nitrogen and oxygen atoms in total. The number of halogens is 1. The van der Waals surface area contributed by atoms with Crippen molar-refractivity contribution in [3.05, 3.63) is 71.5 Å². The van der Waals surface area contributed by atoms with Gasteiger partial charge in [0.2, 0.25) is 5.91 Å². The first-order valence-electron chi connectivity index (χ1n) is 10.3. The van der Waals surface area contributed by atoms with Crippen molar-refractivity contribution < 1.29 is 9.18 Å². The molecule has 0 radical (unpaired) electrons. The van der Waals surface area contributed by atoms with Crippen LogP contribution < -0.4 is 5.73 Å². The molecule has 0 aromatic heterocycles. The standard InChI is InChI=1S/C23H26FN3OS/c24-20-13-6-10-18(16-20)21-26-27(22(28)17-8-4-5-9-17)23(29-21,14-7-15-25)19-11-2-1-3-12-19/h1-3,6,10-13,16-17H,4-5,7-9,14-15,25H2. The Morgan fingerprint density at radius 1 is 1.17 bits per heavy atom. The number of hydrogen-bond donors (Lipinski definition) is 1. The molecule has 1 amide bonds. The van der Waals surface area contributed by atoms with Gasteiger partial charge in [-0.15, -0.1) is 0 Å². The van der Waals surface area contributed by atoms with Gasteiger partial charge >= 0.3 is 0 Å². The first-order valence-corrected chi connectivity index (χ1v) is 11.1. The number of hydrazone groups is 1. The smallest absolute Gasteiger partial charge is 0.247 e. The zero-order chi connectivity index (χ0) is 20.3. The van der Waals surface area contributed by atoms with Crippen LogP contribution in [0.15, 0.2) is 59.7 Å². The van der Waals surface area contributed by atoms with Gasteiger partial charge in [0.15, 0.2) is 0 Å². The Labute approximate surface area is 175 Å². The van der Waals surface area contributed by atoms with Crippen LogP contribution in [-0.2, 0) is 9.67 Å². The third-order valence-corrected chi connectivity index (χ3v) is 7.19. The molecule has 1 aliphatic heterocycles. The van der Waals surface area contributed by atoms with E-state index in [1.165, 1.54) is 12.1 Å². The van der Waals surface area contributed by atoms with Crippen molar-refractivity contribution in [2.45, 2.75) is 43.4 Å². The second kappa shape index (κ2) is 8.67. The average molecular weight is 412 g/mol. The van der Waals surface area contributed by atoms with E-state index in [2.05, 4.69) is 0 Å².